The van der Waals surface area contributed by atoms with Gasteiger partial charge in [0.2, 0.25) is 0 Å². The van der Waals surface area contributed by atoms with Crippen molar-refractivity contribution >= 4 is 20.6 Å². The standard InChI is InChI=1S/C23H21N2OS/c1-2-19(17-10-5-3-6-11-17)25-23(26)27-21-14-9-15-24-20(21)16-22(27)18-12-7-4-8-13-18/h3-16,19H,2H2,1H3,(H,25,26)/t19-,27?/m0/s1. The van der Waals surface area contributed by atoms with Crippen molar-refractivity contribution in [2.24, 2.45) is 0 Å². The van der Waals surface area contributed by atoms with Crippen LogP contribution in [0.2, 0.25) is 0 Å². The Labute approximate surface area is 162 Å². The van der Waals surface area contributed by atoms with Crippen LogP contribution in [0.25, 0.3) is 0 Å². The molecule has 2 aliphatic rings. The van der Waals surface area contributed by atoms with E-state index in [4.69, 9.17) is 0 Å². The number of rotatable bonds is 4. The Morgan fingerprint density at radius 3 is 2.48 bits per heavy atom. The van der Waals surface area contributed by atoms with Gasteiger partial charge in [-0.3, -0.25) is 10.1 Å². The van der Waals surface area contributed by atoms with E-state index in [-0.39, 0.29) is 11.3 Å². The van der Waals surface area contributed by atoms with Gasteiger partial charge in [-0.1, -0.05) is 78.1 Å². The number of hydrogen-bond donors (Lipinski definition) is 1. The van der Waals surface area contributed by atoms with Gasteiger partial charge < -0.3 is 5.32 Å². The second-order valence-electron chi connectivity index (χ2n) is 6.37. The van der Waals surface area contributed by atoms with Crippen molar-refractivity contribution < 1.29 is 4.79 Å². The predicted octanol–water partition coefficient (Wildman–Crippen LogP) is 5.25. The molecule has 0 aliphatic carbocycles. The molecule has 0 spiro atoms. The molecule has 0 fully saturated rings. The van der Waals surface area contributed by atoms with Gasteiger partial charge in [-0.2, -0.15) is 0 Å². The molecule has 4 rings (SSSR count). The molecular formula is C23H21N2OS. The van der Waals surface area contributed by atoms with Gasteiger partial charge >= 0.3 is 0 Å². The third-order valence-electron chi connectivity index (χ3n) is 4.65. The zero-order valence-corrected chi connectivity index (χ0v) is 15.9. The summed E-state index contributed by atoms with van der Waals surface area (Å²) in [6.07, 6.45) is 8.60. The van der Waals surface area contributed by atoms with Crippen LogP contribution in [0, 0.1) is 0 Å². The molecule has 4 heteroatoms. The van der Waals surface area contributed by atoms with E-state index >= 15 is 0 Å². The Kier molecular flexibility index (Phi) is 5.07. The minimum Gasteiger partial charge on any atom is -0.340 e. The lowest BCUT2D eigenvalue weighted by molar-refractivity contribution is 0.257. The van der Waals surface area contributed by atoms with E-state index in [0.717, 1.165) is 33.0 Å². The van der Waals surface area contributed by atoms with Crippen molar-refractivity contribution in [2.75, 3.05) is 0 Å². The first kappa shape index (κ1) is 17.6. The lowest BCUT2D eigenvalue weighted by Crippen LogP contribution is -2.26. The molecule has 0 aromatic heterocycles. The largest absolute Gasteiger partial charge is 0.340 e. The van der Waals surface area contributed by atoms with E-state index in [1.165, 1.54) is 0 Å². The lowest BCUT2D eigenvalue weighted by Gasteiger charge is -2.20. The van der Waals surface area contributed by atoms with Crippen LogP contribution in [0.15, 0.2) is 95.7 Å². The fourth-order valence-electron chi connectivity index (χ4n) is 3.30. The highest BCUT2D eigenvalue weighted by molar-refractivity contribution is 8.32. The van der Waals surface area contributed by atoms with Gasteiger partial charge in [-0.05, 0) is 35.8 Å². The predicted molar refractivity (Wildman–Crippen MR) is 114 cm³/mol. The summed E-state index contributed by atoms with van der Waals surface area (Å²) in [4.78, 5) is 15.4. The van der Waals surface area contributed by atoms with Crippen LogP contribution in [0.5, 0.6) is 0 Å². The topological polar surface area (TPSA) is 43.2 Å². The molecule has 2 aliphatic heterocycles. The summed E-state index contributed by atoms with van der Waals surface area (Å²) in [6.45, 7) is 2.10. The molecule has 2 aromatic carbocycles. The molecule has 2 atom stereocenters. The normalized spacial score (nSPS) is 18.9. The minimum absolute atomic E-state index is 0.00365. The Balaban J connectivity index is 1.71. The van der Waals surface area contributed by atoms with Crippen LogP contribution in [0.3, 0.4) is 0 Å². The zero-order chi connectivity index (χ0) is 18.6. The van der Waals surface area contributed by atoms with Gasteiger partial charge in [-0.15, -0.1) is 0 Å². The number of amides is 1. The molecule has 0 bridgehead atoms. The second kappa shape index (κ2) is 7.80. The summed E-state index contributed by atoms with van der Waals surface area (Å²) in [5.74, 6) is 0. The third-order valence-corrected chi connectivity index (χ3v) is 6.72. The summed E-state index contributed by atoms with van der Waals surface area (Å²) in [7, 11) is -0.683. The number of carbonyl (C=O) groups excluding carboxylic acids is 1. The maximum Gasteiger partial charge on any atom is 0.279 e. The number of carbonyl (C=O) groups is 1. The van der Waals surface area contributed by atoms with E-state index in [2.05, 4.69) is 47.9 Å². The van der Waals surface area contributed by atoms with E-state index in [1.807, 2.05) is 48.6 Å². The van der Waals surface area contributed by atoms with Crippen molar-refractivity contribution in [1.29, 1.82) is 0 Å². The van der Waals surface area contributed by atoms with Crippen LogP contribution < -0.4 is 10.6 Å². The highest BCUT2D eigenvalue weighted by Crippen LogP contribution is 2.42. The fourth-order valence-corrected chi connectivity index (χ4v) is 5.33. The van der Waals surface area contributed by atoms with E-state index in [1.54, 1.807) is 6.20 Å². The second-order valence-corrected chi connectivity index (χ2v) is 8.23. The van der Waals surface area contributed by atoms with Gasteiger partial charge in [-0.25, -0.2) is 0 Å². The minimum atomic E-state index is -0.683. The number of benzene rings is 2. The van der Waals surface area contributed by atoms with E-state index in [0.29, 0.717) is 0 Å². The summed E-state index contributed by atoms with van der Waals surface area (Å²) >= 11 is 0. The molecule has 2 aromatic rings. The Bertz CT molecular complexity index is 972. The van der Waals surface area contributed by atoms with Crippen molar-refractivity contribution in [1.82, 2.24) is 10.6 Å². The van der Waals surface area contributed by atoms with Crippen molar-refractivity contribution in [2.45, 2.75) is 19.4 Å². The Morgan fingerprint density at radius 2 is 1.78 bits per heavy atom. The van der Waals surface area contributed by atoms with Gasteiger partial charge in [0.15, 0.2) is 0 Å². The fraction of sp³-hybridized carbons (Fsp3) is 0.130. The van der Waals surface area contributed by atoms with Crippen LogP contribution in [0.1, 0.15) is 30.5 Å². The molecular weight excluding hydrogens is 352 g/mol. The molecule has 1 radical (unpaired) electrons. The molecule has 135 valence electrons. The average molecular weight is 374 g/mol. The molecule has 3 nitrogen and oxygen atoms in total. The van der Waals surface area contributed by atoms with Crippen molar-refractivity contribution in [3.05, 3.63) is 107 Å². The van der Waals surface area contributed by atoms with Crippen LogP contribution in [-0.2, 0) is 0 Å². The van der Waals surface area contributed by atoms with Crippen LogP contribution in [-0.4, -0.2) is 10.1 Å². The summed E-state index contributed by atoms with van der Waals surface area (Å²) in [6, 6.07) is 20.3. The molecule has 0 saturated carbocycles. The first-order valence-electron chi connectivity index (χ1n) is 9.10. The van der Waals surface area contributed by atoms with Crippen molar-refractivity contribution in [3.8, 4) is 0 Å². The maximum atomic E-state index is 13.4. The van der Waals surface area contributed by atoms with Gasteiger partial charge in [0, 0.05) is 16.0 Å². The highest BCUT2D eigenvalue weighted by Gasteiger charge is 2.29. The lowest BCUT2D eigenvalue weighted by atomic mass is 10.1. The van der Waals surface area contributed by atoms with E-state index in [9.17, 15) is 4.79 Å². The maximum absolute atomic E-state index is 13.4. The first-order valence-corrected chi connectivity index (χ1v) is 10.3. The van der Waals surface area contributed by atoms with Crippen molar-refractivity contribution in [3.63, 3.8) is 0 Å². The quantitative estimate of drug-likeness (QED) is 0.731. The molecule has 2 heterocycles. The van der Waals surface area contributed by atoms with E-state index < -0.39 is 10.5 Å². The number of nitrogens with zero attached hydrogens (tertiary/aromatic N) is 1. The summed E-state index contributed by atoms with van der Waals surface area (Å²) in [5, 5.41) is 7.79. The summed E-state index contributed by atoms with van der Waals surface area (Å²) < 4.78 is 0. The zero-order valence-electron chi connectivity index (χ0n) is 15.1. The summed E-state index contributed by atoms with van der Waals surface area (Å²) in [5.41, 5.74) is 3.09. The van der Waals surface area contributed by atoms with Crippen LogP contribution in [0.4, 0.5) is 4.79 Å². The Morgan fingerprint density at radius 1 is 1.07 bits per heavy atom. The molecule has 1 N–H and O–H groups in total. The average Bonchev–Trinajstić information content (AvgIpc) is 3.13. The molecule has 27 heavy (non-hydrogen) atoms. The Hall–Kier alpha value is -2.85. The van der Waals surface area contributed by atoms with Gasteiger partial charge in [0.25, 0.3) is 5.24 Å². The smallest absolute Gasteiger partial charge is 0.279 e. The molecule has 0 saturated heterocycles. The monoisotopic (exact) mass is 373 g/mol. The van der Waals surface area contributed by atoms with Gasteiger partial charge in [0.05, 0.1) is 11.7 Å². The molecule has 1 unspecified atom stereocenters. The number of allylic oxidation sites excluding steroid dienone is 3. The number of fused-ring (bicyclic) bond motifs is 1. The third kappa shape index (κ3) is 3.53. The number of hydrogen-bond acceptors (Lipinski definition) is 1. The van der Waals surface area contributed by atoms with Crippen LogP contribution >= 0.6 is 10.5 Å². The first-order chi connectivity index (χ1) is 13.3. The highest BCUT2D eigenvalue weighted by atomic mass is 32.2. The molecule has 1 amide bonds. The SMILES string of the molecule is CC[C@H](NC(=O)S1=C(c2ccccc2)C=C2[N]C=CC=C21)c1ccccc1. The number of nitrogens with one attached hydrogen (secondary N) is 1. The van der Waals surface area contributed by atoms with Gasteiger partial charge in [0.1, 0.15) is 0 Å².